The van der Waals surface area contributed by atoms with Crippen LogP contribution in [0.25, 0.3) is 0 Å². The maximum absolute atomic E-state index is 13.0. The number of ether oxygens (including phenoxy) is 1. The Morgan fingerprint density at radius 2 is 1.74 bits per heavy atom. The van der Waals surface area contributed by atoms with E-state index in [1.54, 1.807) is 41.2 Å². The molecule has 162 valence electrons. The molecule has 3 aromatic rings. The normalized spacial score (nSPS) is 11.7. The minimum absolute atomic E-state index is 0.0999. The number of nitrogens with zero attached hydrogens (tertiary/aromatic N) is 2. The van der Waals surface area contributed by atoms with E-state index in [-0.39, 0.29) is 17.7 Å². The van der Waals surface area contributed by atoms with E-state index >= 15 is 0 Å². The smallest absolute Gasteiger partial charge is 0.251 e. The lowest BCUT2D eigenvalue weighted by Crippen LogP contribution is -2.47. The van der Waals surface area contributed by atoms with E-state index in [1.807, 2.05) is 51.1 Å². The first-order chi connectivity index (χ1) is 15.0. The highest BCUT2D eigenvalue weighted by atomic mass is 16.5. The van der Waals surface area contributed by atoms with Crippen molar-refractivity contribution in [2.45, 2.75) is 33.4 Å². The lowest BCUT2D eigenvalue weighted by Gasteiger charge is -2.22. The third kappa shape index (κ3) is 5.94. The molecule has 31 heavy (non-hydrogen) atoms. The summed E-state index contributed by atoms with van der Waals surface area (Å²) in [4.78, 5) is 25.7. The summed E-state index contributed by atoms with van der Waals surface area (Å²) in [7, 11) is 0. The fraction of sp³-hybridized carbons (Fsp3) is 0.292. The van der Waals surface area contributed by atoms with Crippen LogP contribution in [0.3, 0.4) is 0 Å². The van der Waals surface area contributed by atoms with Crippen LogP contribution in [-0.2, 0) is 11.3 Å². The number of hydrogen-bond acceptors (Lipinski definition) is 4. The maximum atomic E-state index is 13.0. The Balaban J connectivity index is 1.67. The first-order valence-corrected chi connectivity index (χ1v) is 10.4. The number of anilines is 1. The number of hydrogen-bond donors (Lipinski definition) is 2. The highest BCUT2D eigenvalue weighted by molar-refractivity contribution is 6.01. The van der Waals surface area contributed by atoms with Crippen molar-refractivity contribution in [1.29, 1.82) is 0 Å². The van der Waals surface area contributed by atoms with Gasteiger partial charge in [-0.15, -0.1) is 0 Å². The Morgan fingerprint density at radius 3 is 2.39 bits per heavy atom. The molecular weight excluding hydrogens is 392 g/mol. The lowest BCUT2D eigenvalue weighted by atomic mass is 10.0. The quantitative estimate of drug-likeness (QED) is 0.552. The number of aromatic nitrogens is 2. The Hall–Kier alpha value is -3.61. The molecule has 0 aliphatic rings. The van der Waals surface area contributed by atoms with Gasteiger partial charge in [-0.2, -0.15) is 5.10 Å². The van der Waals surface area contributed by atoms with Gasteiger partial charge in [-0.25, -0.2) is 4.68 Å². The number of carbonyl (C=O) groups is 2. The number of carbonyl (C=O) groups excluding carboxylic acids is 2. The summed E-state index contributed by atoms with van der Waals surface area (Å²) < 4.78 is 7.13. The molecule has 1 heterocycles. The average molecular weight is 421 g/mol. The fourth-order valence-electron chi connectivity index (χ4n) is 3.15. The fourth-order valence-corrected chi connectivity index (χ4v) is 3.15. The second kappa shape index (κ2) is 10.4. The number of benzene rings is 2. The molecule has 2 amide bonds. The van der Waals surface area contributed by atoms with Crippen LogP contribution in [0.1, 0.15) is 36.7 Å². The predicted octanol–water partition coefficient (Wildman–Crippen LogP) is 3.72. The van der Waals surface area contributed by atoms with Crippen molar-refractivity contribution in [3.05, 3.63) is 78.0 Å². The van der Waals surface area contributed by atoms with Crippen LogP contribution in [0, 0.1) is 5.92 Å². The van der Waals surface area contributed by atoms with E-state index in [9.17, 15) is 9.59 Å². The Kier molecular flexibility index (Phi) is 7.43. The summed E-state index contributed by atoms with van der Waals surface area (Å²) >= 11 is 0. The van der Waals surface area contributed by atoms with E-state index in [0.29, 0.717) is 30.3 Å². The van der Waals surface area contributed by atoms with Crippen LogP contribution in [0.4, 0.5) is 5.82 Å². The molecular formula is C24H28N4O3. The zero-order valence-electron chi connectivity index (χ0n) is 18.0. The summed E-state index contributed by atoms with van der Waals surface area (Å²) in [5.74, 6) is 0.578. The lowest BCUT2D eigenvalue weighted by molar-refractivity contribution is -0.118. The van der Waals surface area contributed by atoms with Gasteiger partial charge in [-0.05, 0) is 42.7 Å². The maximum Gasteiger partial charge on any atom is 0.251 e. The van der Waals surface area contributed by atoms with Gasteiger partial charge in [0.15, 0.2) is 0 Å². The molecule has 1 atom stereocenters. The summed E-state index contributed by atoms with van der Waals surface area (Å²) in [6.45, 7) is 6.78. The summed E-state index contributed by atoms with van der Waals surface area (Å²) in [5.41, 5.74) is 1.54. The van der Waals surface area contributed by atoms with Crippen molar-refractivity contribution < 1.29 is 14.3 Å². The molecule has 0 bridgehead atoms. The SMILES string of the molecule is CCOc1ccc(C(=O)NC(C(=O)Nc2ccnn2Cc2ccccc2)C(C)C)cc1. The van der Waals surface area contributed by atoms with Gasteiger partial charge in [-0.3, -0.25) is 9.59 Å². The number of nitrogens with one attached hydrogen (secondary N) is 2. The molecule has 3 rings (SSSR count). The second-order valence-electron chi connectivity index (χ2n) is 7.50. The Bertz CT molecular complexity index is 997. The minimum atomic E-state index is -0.695. The molecule has 0 radical (unpaired) electrons. The van der Waals surface area contributed by atoms with Crippen LogP contribution in [0.2, 0.25) is 0 Å². The van der Waals surface area contributed by atoms with Crippen LogP contribution < -0.4 is 15.4 Å². The number of rotatable bonds is 9. The van der Waals surface area contributed by atoms with Crippen LogP contribution in [0.5, 0.6) is 5.75 Å². The predicted molar refractivity (Wildman–Crippen MR) is 120 cm³/mol. The molecule has 0 saturated carbocycles. The standard InChI is InChI=1S/C24H28N4O3/c1-4-31-20-12-10-19(11-13-20)23(29)27-22(17(2)3)24(30)26-21-14-15-25-28(21)16-18-8-6-5-7-9-18/h5-15,17,22H,4,16H2,1-3H3,(H,26,30)(H,27,29). The molecule has 1 aromatic heterocycles. The van der Waals surface area contributed by atoms with E-state index in [2.05, 4.69) is 15.7 Å². The first-order valence-electron chi connectivity index (χ1n) is 10.4. The van der Waals surface area contributed by atoms with Gasteiger partial charge in [0.05, 0.1) is 19.3 Å². The first kappa shape index (κ1) is 22.1. The van der Waals surface area contributed by atoms with E-state index < -0.39 is 6.04 Å². The van der Waals surface area contributed by atoms with Crippen LogP contribution in [0.15, 0.2) is 66.9 Å². The van der Waals surface area contributed by atoms with Gasteiger partial charge in [0.25, 0.3) is 5.91 Å². The highest BCUT2D eigenvalue weighted by Gasteiger charge is 2.25. The molecule has 0 fully saturated rings. The van der Waals surface area contributed by atoms with Crippen molar-refractivity contribution in [3.63, 3.8) is 0 Å². The van der Waals surface area contributed by atoms with Crippen molar-refractivity contribution in [1.82, 2.24) is 15.1 Å². The molecule has 0 aliphatic heterocycles. The molecule has 0 spiro atoms. The van der Waals surface area contributed by atoms with Gasteiger partial charge in [0.1, 0.15) is 17.6 Å². The van der Waals surface area contributed by atoms with Crippen molar-refractivity contribution in [3.8, 4) is 5.75 Å². The van der Waals surface area contributed by atoms with E-state index in [1.165, 1.54) is 0 Å². The van der Waals surface area contributed by atoms with Crippen LogP contribution in [-0.4, -0.2) is 34.2 Å². The minimum Gasteiger partial charge on any atom is -0.494 e. The molecule has 0 saturated heterocycles. The molecule has 7 heteroatoms. The molecule has 1 unspecified atom stereocenters. The molecule has 0 aliphatic carbocycles. The zero-order chi connectivity index (χ0) is 22.2. The third-order valence-electron chi connectivity index (χ3n) is 4.81. The van der Waals surface area contributed by atoms with Gasteiger partial charge < -0.3 is 15.4 Å². The summed E-state index contributed by atoms with van der Waals surface area (Å²) in [5, 5.41) is 10.0. The van der Waals surface area contributed by atoms with Crippen molar-refractivity contribution in [2.24, 2.45) is 5.92 Å². The molecule has 2 aromatic carbocycles. The van der Waals surface area contributed by atoms with E-state index in [4.69, 9.17) is 4.74 Å². The van der Waals surface area contributed by atoms with Crippen LogP contribution >= 0.6 is 0 Å². The largest absolute Gasteiger partial charge is 0.494 e. The summed E-state index contributed by atoms with van der Waals surface area (Å²) in [6, 6.07) is 17.8. The van der Waals surface area contributed by atoms with Gasteiger partial charge >= 0.3 is 0 Å². The number of amides is 2. The average Bonchev–Trinajstić information content (AvgIpc) is 3.19. The molecule has 2 N–H and O–H groups in total. The highest BCUT2D eigenvalue weighted by Crippen LogP contribution is 2.15. The zero-order valence-corrected chi connectivity index (χ0v) is 18.0. The third-order valence-corrected chi connectivity index (χ3v) is 4.81. The topological polar surface area (TPSA) is 85.2 Å². The van der Waals surface area contributed by atoms with Gasteiger partial charge in [0, 0.05) is 11.6 Å². The monoisotopic (exact) mass is 420 g/mol. The Labute approximate surface area is 182 Å². The van der Waals surface area contributed by atoms with E-state index in [0.717, 1.165) is 5.56 Å². The Morgan fingerprint density at radius 1 is 1.03 bits per heavy atom. The summed E-state index contributed by atoms with van der Waals surface area (Å²) in [6.07, 6.45) is 1.64. The van der Waals surface area contributed by atoms with Crippen molar-refractivity contribution >= 4 is 17.6 Å². The second-order valence-corrected chi connectivity index (χ2v) is 7.50. The van der Waals surface area contributed by atoms with Gasteiger partial charge in [-0.1, -0.05) is 44.2 Å². The van der Waals surface area contributed by atoms with Gasteiger partial charge in [0.2, 0.25) is 5.91 Å². The molecule has 7 nitrogen and oxygen atoms in total. The van der Waals surface area contributed by atoms with Crippen molar-refractivity contribution in [2.75, 3.05) is 11.9 Å².